The van der Waals surface area contributed by atoms with Crippen molar-refractivity contribution < 1.29 is 23.6 Å². The molecule has 40 heavy (non-hydrogen) atoms. The van der Waals surface area contributed by atoms with E-state index in [0.29, 0.717) is 47.5 Å². The van der Waals surface area contributed by atoms with E-state index in [-0.39, 0.29) is 17.9 Å². The van der Waals surface area contributed by atoms with E-state index in [2.05, 4.69) is 25.5 Å². The third-order valence-electron chi connectivity index (χ3n) is 6.13. The summed E-state index contributed by atoms with van der Waals surface area (Å²) in [6, 6.07) is 8.83. The minimum absolute atomic E-state index is 0.245. The van der Waals surface area contributed by atoms with Gasteiger partial charge in [0.15, 0.2) is 5.65 Å². The number of nitrogens with zero attached hydrogens (tertiary/aromatic N) is 5. The van der Waals surface area contributed by atoms with Crippen molar-refractivity contribution >= 4 is 40.2 Å². The maximum Gasteiger partial charge on any atom is 0.323 e. The van der Waals surface area contributed by atoms with E-state index >= 15 is 0 Å². The van der Waals surface area contributed by atoms with Gasteiger partial charge in [-0.25, -0.2) is 33.7 Å². The molecule has 4 rings (SSSR count). The van der Waals surface area contributed by atoms with Crippen molar-refractivity contribution in [2.24, 2.45) is 0 Å². The average molecular weight is 554 g/mol. The number of hydroxylamine groups is 1. The fraction of sp³-hybridized carbons (Fsp3) is 0.269. The normalized spacial score (nSPS) is 11.1. The van der Waals surface area contributed by atoms with Crippen LogP contribution in [-0.4, -0.2) is 61.9 Å². The second-order valence-electron chi connectivity index (χ2n) is 9.11. The zero-order chi connectivity index (χ0) is 28.6. The lowest BCUT2D eigenvalue weighted by Gasteiger charge is -2.16. The number of carbonyl (C=O) groups excluding carboxylic acids is 2. The summed E-state index contributed by atoms with van der Waals surface area (Å²) in [4.78, 5) is 34.0. The average Bonchev–Trinajstić information content (AvgIpc) is 3.31. The molecule has 0 atom stereocenters. The number of amides is 3. The number of fused-ring (bicyclic) bond motifs is 1. The molecule has 0 radical (unpaired) electrons. The van der Waals surface area contributed by atoms with Crippen LogP contribution in [0.3, 0.4) is 0 Å². The molecule has 210 valence electrons. The molecule has 0 fully saturated rings. The number of aryl methyl sites for hydroxylation is 1. The van der Waals surface area contributed by atoms with E-state index in [1.807, 2.05) is 7.05 Å². The van der Waals surface area contributed by atoms with Gasteiger partial charge < -0.3 is 21.3 Å². The van der Waals surface area contributed by atoms with Crippen LogP contribution in [0.5, 0.6) is 0 Å². The van der Waals surface area contributed by atoms with Crippen molar-refractivity contribution in [2.45, 2.75) is 25.8 Å². The van der Waals surface area contributed by atoms with Gasteiger partial charge in [0.25, 0.3) is 0 Å². The lowest BCUT2D eigenvalue weighted by Crippen LogP contribution is -2.24. The predicted octanol–water partition coefficient (Wildman–Crippen LogP) is 3.61. The molecule has 2 heterocycles. The van der Waals surface area contributed by atoms with Crippen LogP contribution in [0.25, 0.3) is 22.3 Å². The Labute approximate surface area is 228 Å². The van der Waals surface area contributed by atoms with Crippen LogP contribution in [0.2, 0.25) is 0 Å². The maximum absolute atomic E-state index is 13.8. The molecule has 0 aliphatic carbocycles. The second kappa shape index (κ2) is 12.9. The summed E-state index contributed by atoms with van der Waals surface area (Å²) in [7, 11) is 1.95. The van der Waals surface area contributed by atoms with Gasteiger partial charge in [0.2, 0.25) is 5.91 Å². The third kappa shape index (κ3) is 7.03. The molecule has 0 aliphatic heterocycles. The minimum Gasteiger partial charge on any atom is -0.383 e. The van der Waals surface area contributed by atoms with Gasteiger partial charge >= 0.3 is 6.03 Å². The molecule has 12 nitrogen and oxygen atoms in total. The number of anilines is 3. The Morgan fingerprint density at radius 2 is 1.80 bits per heavy atom. The van der Waals surface area contributed by atoms with Crippen molar-refractivity contribution in [3.63, 3.8) is 0 Å². The molecule has 14 heteroatoms. The van der Waals surface area contributed by atoms with E-state index in [1.54, 1.807) is 34.4 Å². The van der Waals surface area contributed by atoms with Gasteiger partial charge in [0.1, 0.15) is 29.5 Å². The van der Waals surface area contributed by atoms with Gasteiger partial charge in [-0.05, 0) is 57.2 Å². The van der Waals surface area contributed by atoms with E-state index in [4.69, 9.17) is 16.0 Å². The standard InChI is InChI=1S/C26H29F2N9O3/c1-36(11-2-4-21(38)35-40)12-3-13-37-25-22(24(29)30-15-31-25)23(34-37)16-5-8-18(9-6-16)32-26(39)33-20-14-17(27)7-10-19(20)28/h5-10,14-15,40H,2-4,11-13H2,1H3,(H,35,38)(H2,29,30,31)(H2,32,33,39). The molecule has 6 N–H and O–H groups in total. The van der Waals surface area contributed by atoms with Crippen LogP contribution in [0.4, 0.5) is 30.8 Å². The molecule has 4 aromatic rings. The number of rotatable bonds is 11. The molecular formula is C26H29F2N9O3. The van der Waals surface area contributed by atoms with Gasteiger partial charge in [0.05, 0.1) is 11.1 Å². The highest BCUT2D eigenvalue weighted by atomic mass is 19.1. The Kier molecular flexibility index (Phi) is 9.14. The zero-order valence-corrected chi connectivity index (χ0v) is 21.7. The molecule has 2 aromatic heterocycles. The number of aromatic nitrogens is 4. The first-order valence-electron chi connectivity index (χ1n) is 12.5. The number of halogens is 2. The maximum atomic E-state index is 13.8. The van der Waals surface area contributed by atoms with Gasteiger partial charge in [-0.2, -0.15) is 5.10 Å². The number of nitrogens with two attached hydrogens (primary N) is 1. The summed E-state index contributed by atoms with van der Waals surface area (Å²) < 4.78 is 29.0. The van der Waals surface area contributed by atoms with Crippen LogP contribution in [0.15, 0.2) is 48.8 Å². The fourth-order valence-corrected chi connectivity index (χ4v) is 4.15. The number of hydrogen-bond donors (Lipinski definition) is 5. The van der Waals surface area contributed by atoms with Crippen molar-refractivity contribution in [3.05, 3.63) is 60.4 Å². The number of hydrogen-bond acceptors (Lipinski definition) is 8. The monoisotopic (exact) mass is 553 g/mol. The molecule has 0 unspecified atom stereocenters. The number of carbonyl (C=O) groups is 2. The summed E-state index contributed by atoms with van der Waals surface area (Å²) >= 11 is 0. The highest BCUT2D eigenvalue weighted by molar-refractivity contribution is 6.01. The van der Waals surface area contributed by atoms with E-state index in [0.717, 1.165) is 31.2 Å². The van der Waals surface area contributed by atoms with Crippen molar-refractivity contribution in [2.75, 3.05) is 36.5 Å². The molecule has 0 spiro atoms. The quantitative estimate of drug-likeness (QED) is 0.139. The zero-order valence-electron chi connectivity index (χ0n) is 21.7. The third-order valence-corrected chi connectivity index (χ3v) is 6.13. The van der Waals surface area contributed by atoms with Crippen LogP contribution >= 0.6 is 0 Å². The smallest absolute Gasteiger partial charge is 0.323 e. The van der Waals surface area contributed by atoms with Crippen molar-refractivity contribution in [1.29, 1.82) is 0 Å². The summed E-state index contributed by atoms with van der Waals surface area (Å²) in [5, 5.41) is 18.8. The van der Waals surface area contributed by atoms with Crippen LogP contribution in [0.1, 0.15) is 19.3 Å². The molecule has 3 amide bonds. The number of nitrogens with one attached hydrogen (secondary N) is 3. The molecule has 0 saturated heterocycles. The summed E-state index contributed by atoms with van der Waals surface area (Å²) in [5.74, 6) is -1.56. The SMILES string of the molecule is CN(CCCC(=O)NO)CCCn1nc(-c2ccc(NC(=O)Nc3cc(F)ccc3F)cc2)c2c(N)ncnc21. The largest absolute Gasteiger partial charge is 0.383 e. The summed E-state index contributed by atoms with van der Waals surface area (Å²) in [6.07, 6.45) is 3.00. The molecule has 0 bridgehead atoms. The molecule has 0 aliphatic rings. The highest BCUT2D eigenvalue weighted by Crippen LogP contribution is 2.31. The van der Waals surface area contributed by atoms with Gasteiger partial charge in [-0.3, -0.25) is 10.0 Å². The lowest BCUT2D eigenvalue weighted by atomic mass is 10.1. The number of benzene rings is 2. The Hall–Kier alpha value is -4.69. The van der Waals surface area contributed by atoms with E-state index < -0.39 is 23.6 Å². The fourth-order valence-electron chi connectivity index (χ4n) is 4.15. The van der Waals surface area contributed by atoms with Crippen molar-refractivity contribution in [1.82, 2.24) is 30.1 Å². The first-order valence-corrected chi connectivity index (χ1v) is 12.5. The van der Waals surface area contributed by atoms with Gasteiger partial charge in [-0.15, -0.1) is 0 Å². The summed E-state index contributed by atoms with van der Waals surface area (Å²) in [6.45, 7) is 2.01. The second-order valence-corrected chi connectivity index (χ2v) is 9.11. The first kappa shape index (κ1) is 28.3. The van der Waals surface area contributed by atoms with E-state index in [1.165, 1.54) is 6.33 Å². The lowest BCUT2D eigenvalue weighted by molar-refractivity contribution is -0.129. The number of urea groups is 1. The Morgan fingerprint density at radius 1 is 1.05 bits per heavy atom. The Balaban J connectivity index is 1.42. The highest BCUT2D eigenvalue weighted by Gasteiger charge is 2.17. The van der Waals surface area contributed by atoms with E-state index in [9.17, 15) is 18.4 Å². The topological polar surface area (TPSA) is 163 Å². The molecule has 0 saturated carbocycles. The van der Waals surface area contributed by atoms with Crippen LogP contribution in [0, 0.1) is 11.6 Å². The predicted molar refractivity (Wildman–Crippen MR) is 145 cm³/mol. The minimum atomic E-state index is -0.757. The number of nitrogen functional groups attached to an aromatic ring is 1. The van der Waals surface area contributed by atoms with Crippen molar-refractivity contribution in [3.8, 4) is 11.3 Å². The Bertz CT molecular complexity index is 1500. The van der Waals surface area contributed by atoms with Gasteiger partial charge in [-0.1, -0.05) is 12.1 Å². The van der Waals surface area contributed by atoms with Gasteiger partial charge in [0, 0.05) is 30.3 Å². The van der Waals surface area contributed by atoms with Crippen LogP contribution < -0.4 is 21.8 Å². The molecular weight excluding hydrogens is 524 g/mol. The van der Waals surface area contributed by atoms with Crippen LogP contribution in [-0.2, 0) is 11.3 Å². The molecule has 2 aromatic carbocycles. The Morgan fingerprint density at radius 3 is 2.55 bits per heavy atom. The first-order chi connectivity index (χ1) is 19.2. The summed E-state index contributed by atoms with van der Waals surface area (Å²) in [5.41, 5.74) is 9.83.